The molecule has 0 atom stereocenters. The highest BCUT2D eigenvalue weighted by Gasteiger charge is 1.99. The second-order valence-corrected chi connectivity index (χ2v) is 5.76. The molecule has 1 aromatic rings. The maximum Gasteiger partial charge on any atom is 0.240 e. The van der Waals surface area contributed by atoms with Crippen LogP contribution in [0.25, 0.3) is 0 Å². The van der Waals surface area contributed by atoms with E-state index in [1.807, 2.05) is 12.1 Å². The summed E-state index contributed by atoms with van der Waals surface area (Å²) in [6, 6.07) is 8.21. The highest BCUT2D eigenvalue weighted by molar-refractivity contribution is 5.82. The highest BCUT2D eigenvalue weighted by Crippen LogP contribution is 2.08. The maximum absolute atomic E-state index is 11.6. The molecule has 1 amide bonds. The standard InChI is InChI=1S/C19H30N2O/c1-3-5-6-7-8-9-10-11-19(22)21-20-16-18-14-12-17(4-2)13-15-18/h12-16H,3-11H2,1-2H3,(H,21,22)/b20-16+. The van der Waals surface area contributed by atoms with Crippen molar-refractivity contribution in [3.63, 3.8) is 0 Å². The molecule has 0 heterocycles. The summed E-state index contributed by atoms with van der Waals surface area (Å²) in [5.41, 5.74) is 4.91. The molecular formula is C19H30N2O. The molecule has 0 aliphatic carbocycles. The summed E-state index contributed by atoms with van der Waals surface area (Å²) in [6.45, 7) is 4.36. The van der Waals surface area contributed by atoms with Gasteiger partial charge in [-0.05, 0) is 24.0 Å². The summed E-state index contributed by atoms with van der Waals surface area (Å²) in [6.07, 6.45) is 11.9. The molecule has 0 radical (unpaired) electrons. The van der Waals surface area contributed by atoms with Crippen LogP contribution in [-0.4, -0.2) is 12.1 Å². The van der Waals surface area contributed by atoms with Crippen LogP contribution in [0.5, 0.6) is 0 Å². The summed E-state index contributed by atoms with van der Waals surface area (Å²) in [5, 5.41) is 4.01. The average molecular weight is 302 g/mol. The molecule has 0 aliphatic rings. The van der Waals surface area contributed by atoms with Gasteiger partial charge in [-0.2, -0.15) is 5.10 Å². The first kappa shape index (κ1) is 18.4. The number of amides is 1. The molecule has 1 aromatic carbocycles. The van der Waals surface area contributed by atoms with Crippen LogP contribution in [0, 0.1) is 0 Å². The van der Waals surface area contributed by atoms with E-state index < -0.39 is 0 Å². The highest BCUT2D eigenvalue weighted by atomic mass is 16.2. The minimum Gasteiger partial charge on any atom is -0.273 e. The van der Waals surface area contributed by atoms with E-state index in [0.717, 1.165) is 24.8 Å². The Labute approximate surface area is 135 Å². The van der Waals surface area contributed by atoms with Gasteiger partial charge in [0.25, 0.3) is 0 Å². The van der Waals surface area contributed by atoms with Gasteiger partial charge in [0.1, 0.15) is 0 Å². The minimum absolute atomic E-state index is 0.00925. The van der Waals surface area contributed by atoms with Gasteiger partial charge >= 0.3 is 0 Å². The largest absolute Gasteiger partial charge is 0.273 e. The SMILES string of the molecule is CCCCCCCCCC(=O)N/N=C/c1ccc(CC)cc1. The van der Waals surface area contributed by atoms with Crippen LogP contribution in [0.2, 0.25) is 0 Å². The fourth-order valence-corrected chi connectivity index (χ4v) is 2.32. The molecule has 0 saturated heterocycles. The lowest BCUT2D eigenvalue weighted by Crippen LogP contribution is -2.16. The average Bonchev–Trinajstić information content (AvgIpc) is 2.54. The van der Waals surface area contributed by atoms with E-state index >= 15 is 0 Å². The first-order valence-corrected chi connectivity index (χ1v) is 8.67. The summed E-state index contributed by atoms with van der Waals surface area (Å²) in [5.74, 6) is 0.00925. The molecule has 0 aromatic heterocycles. The van der Waals surface area contributed by atoms with E-state index in [4.69, 9.17) is 0 Å². The summed E-state index contributed by atoms with van der Waals surface area (Å²) >= 11 is 0. The zero-order chi connectivity index (χ0) is 16.0. The number of nitrogens with zero attached hydrogens (tertiary/aromatic N) is 1. The Morgan fingerprint density at radius 3 is 2.27 bits per heavy atom. The number of aryl methyl sites for hydroxylation is 1. The minimum atomic E-state index is 0.00925. The monoisotopic (exact) mass is 302 g/mol. The van der Waals surface area contributed by atoms with Crippen molar-refractivity contribution in [2.75, 3.05) is 0 Å². The number of hydrazone groups is 1. The first-order valence-electron chi connectivity index (χ1n) is 8.67. The van der Waals surface area contributed by atoms with E-state index in [1.54, 1.807) is 6.21 Å². The fourth-order valence-electron chi connectivity index (χ4n) is 2.32. The Hall–Kier alpha value is -1.64. The fraction of sp³-hybridized carbons (Fsp3) is 0.579. The van der Waals surface area contributed by atoms with Crippen molar-refractivity contribution in [1.82, 2.24) is 5.43 Å². The van der Waals surface area contributed by atoms with Crippen LogP contribution < -0.4 is 5.43 Å². The van der Waals surface area contributed by atoms with Gasteiger partial charge in [0.2, 0.25) is 5.91 Å². The van der Waals surface area contributed by atoms with Crippen LogP contribution in [0.1, 0.15) is 76.3 Å². The van der Waals surface area contributed by atoms with Gasteiger partial charge in [0.05, 0.1) is 6.21 Å². The predicted octanol–water partition coefficient (Wildman–Crippen LogP) is 4.84. The summed E-state index contributed by atoms with van der Waals surface area (Å²) < 4.78 is 0. The summed E-state index contributed by atoms with van der Waals surface area (Å²) in [4.78, 5) is 11.6. The van der Waals surface area contributed by atoms with Crippen molar-refractivity contribution in [2.24, 2.45) is 5.10 Å². The molecule has 0 bridgehead atoms. The van der Waals surface area contributed by atoms with Gasteiger partial charge < -0.3 is 0 Å². The van der Waals surface area contributed by atoms with Gasteiger partial charge in [0, 0.05) is 6.42 Å². The third-order valence-electron chi connectivity index (χ3n) is 3.80. The van der Waals surface area contributed by atoms with Crippen molar-refractivity contribution in [1.29, 1.82) is 0 Å². The quantitative estimate of drug-likeness (QED) is 0.355. The van der Waals surface area contributed by atoms with Crippen molar-refractivity contribution in [2.45, 2.75) is 71.6 Å². The molecule has 0 saturated carbocycles. The molecule has 0 unspecified atom stereocenters. The normalized spacial score (nSPS) is 11.0. The Balaban J connectivity index is 2.10. The van der Waals surface area contributed by atoms with Crippen molar-refractivity contribution in [3.05, 3.63) is 35.4 Å². The third-order valence-corrected chi connectivity index (χ3v) is 3.80. The lowest BCUT2D eigenvalue weighted by molar-refractivity contribution is -0.121. The van der Waals surface area contributed by atoms with Crippen LogP contribution in [-0.2, 0) is 11.2 Å². The zero-order valence-corrected chi connectivity index (χ0v) is 14.1. The van der Waals surface area contributed by atoms with Crippen LogP contribution in [0.3, 0.4) is 0 Å². The van der Waals surface area contributed by atoms with E-state index in [1.165, 1.54) is 37.7 Å². The zero-order valence-electron chi connectivity index (χ0n) is 14.1. The van der Waals surface area contributed by atoms with Crippen LogP contribution in [0.15, 0.2) is 29.4 Å². The molecular weight excluding hydrogens is 272 g/mol. The molecule has 0 spiro atoms. The Bertz CT molecular complexity index is 437. The molecule has 22 heavy (non-hydrogen) atoms. The van der Waals surface area contributed by atoms with Crippen LogP contribution >= 0.6 is 0 Å². The van der Waals surface area contributed by atoms with Gasteiger partial charge in [-0.3, -0.25) is 4.79 Å². The van der Waals surface area contributed by atoms with Gasteiger partial charge in [-0.25, -0.2) is 5.43 Å². The number of benzene rings is 1. The predicted molar refractivity (Wildman–Crippen MR) is 94.2 cm³/mol. The second kappa shape index (κ2) is 12.0. The Morgan fingerprint density at radius 2 is 1.64 bits per heavy atom. The van der Waals surface area contributed by atoms with E-state index in [2.05, 4.69) is 36.5 Å². The second-order valence-electron chi connectivity index (χ2n) is 5.76. The number of nitrogens with one attached hydrogen (secondary N) is 1. The lowest BCUT2D eigenvalue weighted by Gasteiger charge is -2.01. The third kappa shape index (κ3) is 8.60. The Kier molecular flexibility index (Phi) is 10.0. The molecule has 1 N–H and O–H groups in total. The Morgan fingerprint density at radius 1 is 1.00 bits per heavy atom. The number of hydrogen-bond donors (Lipinski definition) is 1. The molecule has 3 nitrogen and oxygen atoms in total. The van der Waals surface area contributed by atoms with Gasteiger partial charge in [-0.1, -0.05) is 76.6 Å². The number of unbranched alkanes of at least 4 members (excludes halogenated alkanes) is 6. The molecule has 1 rings (SSSR count). The van der Waals surface area contributed by atoms with Crippen LogP contribution in [0.4, 0.5) is 0 Å². The molecule has 3 heteroatoms. The molecule has 122 valence electrons. The number of rotatable bonds is 11. The maximum atomic E-state index is 11.6. The first-order chi connectivity index (χ1) is 10.8. The van der Waals surface area contributed by atoms with Crippen molar-refractivity contribution < 1.29 is 4.79 Å². The lowest BCUT2D eigenvalue weighted by atomic mass is 10.1. The smallest absolute Gasteiger partial charge is 0.240 e. The van der Waals surface area contributed by atoms with Crippen molar-refractivity contribution >= 4 is 12.1 Å². The number of hydrogen-bond acceptors (Lipinski definition) is 2. The number of carbonyl (C=O) groups is 1. The van der Waals surface area contributed by atoms with Gasteiger partial charge in [0.15, 0.2) is 0 Å². The molecule has 0 fully saturated rings. The van der Waals surface area contributed by atoms with E-state index in [-0.39, 0.29) is 5.91 Å². The van der Waals surface area contributed by atoms with E-state index in [9.17, 15) is 4.79 Å². The van der Waals surface area contributed by atoms with Crippen molar-refractivity contribution in [3.8, 4) is 0 Å². The summed E-state index contributed by atoms with van der Waals surface area (Å²) in [7, 11) is 0. The van der Waals surface area contributed by atoms with E-state index in [0.29, 0.717) is 6.42 Å². The topological polar surface area (TPSA) is 41.5 Å². The van der Waals surface area contributed by atoms with Gasteiger partial charge in [-0.15, -0.1) is 0 Å². The molecule has 0 aliphatic heterocycles. The number of carbonyl (C=O) groups excluding carboxylic acids is 1.